The van der Waals surface area contributed by atoms with Gasteiger partial charge in [0.2, 0.25) is 5.88 Å². The molecule has 0 saturated heterocycles. The number of alkyl halides is 3. The Balaban J connectivity index is 1.77. The first-order chi connectivity index (χ1) is 13.7. The van der Waals surface area contributed by atoms with Crippen molar-refractivity contribution < 1.29 is 32.7 Å². The molecule has 0 unspecified atom stereocenters. The summed E-state index contributed by atoms with van der Waals surface area (Å²) in [7, 11) is 0. The zero-order chi connectivity index (χ0) is 20.8. The molecule has 150 valence electrons. The Hall–Kier alpha value is -3.83. The number of nitro benzene ring substituents is 1. The molecule has 12 heteroatoms. The summed E-state index contributed by atoms with van der Waals surface area (Å²) >= 11 is 0. The molecule has 4 rings (SSSR count). The van der Waals surface area contributed by atoms with Gasteiger partial charge in [0.1, 0.15) is 13.2 Å². The fourth-order valence-corrected chi connectivity index (χ4v) is 2.84. The number of H-pyrrole nitrogens is 1. The van der Waals surface area contributed by atoms with E-state index in [9.17, 15) is 28.4 Å². The van der Waals surface area contributed by atoms with E-state index in [1.165, 1.54) is 0 Å². The molecule has 0 fully saturated rings. The van der Waals surface area contributed by atoms with E-state index in [2.05, 4.69) is 15.2 Å². The number of rotatable bonds is 3. The van der Waals surface area contributed by atoms with Crippen molar-refractivity contribution in [3.63, 3.8) is 0 Å². The standard InChI is InChI=1S/C17H11F3N4O5/c18-17(19,20)8-1-2-10(12(5-8)24(26)27)22-23-15-9-6-13-14(29-4-3-28-13)7-11(9)21-16(15)25/h1-2,5-7,21,25H,3-4H2. The number of nitrogens with zero attached hydrogens (tertiary/aromatic N) is 3. The van der Waals surface area contributed by atoms with Crippen molar-refractivity contribution in [1.29, 1.82) is 0 Å². The van der Waals surface area contributed by atoms with Crippen molar-refractivity contribution in [2.24, 2.45) is 10.2 Å². The van der Waals surface area contributed by atoms with Gasteiger partial charge in [-0.05, 0) is 18.2 Å². The number of nitrogens with one attached hydrogen (secondary N) is 1. The van der Waals surface area contributed by atoms with Gasteiger partial charge in [0, 0.05) is 17.5 Å². The average Bonchev–Trinajstić information content (AvgIpc) is 2.97. The SMILES string of the molecule is O=[N+]([O-])c1cc(C(F)(F)F)ccc1N=Nc1c(O)[nH]c2cc3c(cc12)OCCO3. The molecule has 9 nitrogen and oxygen atoms in total. The summed E-state index contributed by atoms with van der Waals surface area (Å²) in [4.78, 5) is 12.8. The normalized spacial score (nSPS) is 13.9. The maximum atomic E-state index is 12.8. The number of aromatic hydroxyl groups is 1. The highest BCUT2D eigenvalue weighted by atomic mass is 19.4. The summed E-state index contributed by atoms with van der Waals surface area (Å²) in [5.74, 6) is 0.507. The Morgan fingerprint density at radius 1 is 1.10 bits per heavy atom. The number of nitro groups is 1. The molecule has 0 amide bonds. The van der Waals surface area contributed by atoms with E-state index in [1.807, 2.05) is 0 Å². The number of azo groups is 1. The van der Waals surface area contributed by atoms with Crippen molar-refractivity contribution in [2.45, 2.75) is 6.18 Å². The third-order valence-corrected chi connectivity index (χ3v) is 4.17. The van der Waals surface area contributed by atoms with Gasteiger partial charge >= 0.3 is 6.18 Å². The second kappa shape index (κ2) is 6.65. The highest BCUT2D eigenvalue weighted by molar-refractivity contribution is 5.96. The van der Waals surface area contributed by atoms with Crippen LogP contribution in [-0.4, -0.2) is 28.2 Å². The minimum atomic E-state index is -4.74. The molecule has 0 atom stereocenters. The molecule has 2 aromatic carbocycles. The molecule has 2 N–H and O–H groups in total. The van der Waals surface area contributed by atoms with E-state index < -0.39 is 28.0 Å². The van der Waals surface area contributed by atoms with Gasteiger partial charge in [-0.25, -0.2) is 0 Å². The highest BCUT2D eigenvalue weighted by Gasteiger charge is 2.33. The second-order valence-electron chi connectivity index (χ2n) is 6.02. The van der Waals surface area contributed by atoms with Crippen LogP contribution in [0.25, 0.3) is 10.9 Å². The molecular formula is C17H11F3N4O5. The van der Waals surface area contributed by atoms with E-state index in [4.69, 9.17) is 9.47 Å². The van der Waals surface area contributed by atoms with Crippen molar-refractivity contribution in [1.82, 2.24) is 4.98 Å². The Bertz CT molecular complexity index is 1160. The molecular weight excluding hydrogens is 397 g/mol. The third-order valence-electron chi connectivity index (χ3n) is 4.17. The number of hydrogen-bond acceptors (Lipinski definition) is 7. The first-order valence-corrected chi connectivity index (χ1v) is 8.15. The minimum absolute atomic E-state index is 0.0498. The Morgan fingerprint density at radius 3 is 2.45 bits per heavy atom. The van der Waals surface area contributed by atoms with E-state index in [0.29, 0.717) is 47.7 Å². The molecule has 2 heterocycles. The van der Waals surface area contributed by atoms with Crippen molar-refractivity contribution in [3.05, 3.63) is 46.0 Å². The van der Waals surface area contributed by atoms with Crippen molar-refractivity contribution >= 4 is 28.0 Å². The summed E-state index contributed by atoms with van der Waals surface area (Å²) in [6.07, 6.45) is -4.74. The van der Waals surface area contributed by atoms with Crippen LogP contribution in [0.15, 0.2) is 40.6 Å². The van der Waals surface area contributed by atoms with Crippen LogP contribution >= 0.6 is 0 Å². The van der Waals surface area contributed by atoms with Crippen LogP contribution < -0.4 is 9.47 Å². The maximum Gasteiger partial charge on any atom is 0.416 e. The molecule has 1 aromatic heterocycles. The largest absolute Gasteiger partial charge is 0.493 e. The molecule has 1 aliphatic heterocycles. The smallest absolute Gasteiger partial charge is 0.416 e. The third kappa shape index (κ3) is 3.39. The zero-order valence-electron chi connectivity index (χ0n) is 14.4. The molecule has 0 saturated carbocycles. The summed E-state index contributed by atoms with van der Waals surface area (Å²) in [5, 5.41) is 29.1. The zero-order valence-corrected chi connectivity index (χ0v) is 14.4. The first-order valence-electron chi connectivity index (χ1n) is 8.15. The summed E-state index contributed by atoms with van der Waals surface area (Å²) < 4.78 is 49.3. The van der Waals surface area contributed by atoms with E-state index in [1.54, 1.807) is 12.1 Å². The fourth-order valence-electron chi connectivity index (χ4n) is 2.84. The topological polar surface area (TPSA) is 122 Å². The van der Waals surface area contributed by atoms with E-state index in [-0.39, 0.29) is 11.6 Å². The predicted octanol–water partition coefficient (Wildman–Crippen LogP) is 4.99. The van der Waals surface area contributed by atoms with E-state index >= 15 is 0 Å². The number of ether oxygens (including phenoxy) is 2. The lowest BCUT2D eigenvalue weighted by Gasteiger charge is -2.18. The molecule has 0 radical (unpaired) electrons. The highest BCUT2D eigenvalue weighted by Crippen LogP contribution is 2.43. The van der Waals surface area contributed by atoms with Crippen LogP contribution in [0.2, 0.25) is 0 Å². The molecule has 3 aromatic rings. The quantitative estimate of drug-likeness (QED) is 0.359. The number of aromatic nitrogens is 1. The number of aromatic amines is 1. The van der Waals surface area contributed by atoms with E-state index in [0.717, 1.165) is 6.07 Å². The molecule has 29 heavy (non-hydrogen) atoms. The van der Waals surface area contributed by atoms with Crippen LogP contribution in [0, 0.1) is 10.1 Å². The lowest BCUT2D eigenvalue weighted by Crippen LogP contribution is -2.15. The van der Waals surface area contributed by atoms with Crippen LogP contribution in [0.4, 0.5) is 30.2 Å². The van der Waals surface area contributed by atoms with Crippen molar-refractivity contribution in [2.75, 3.05) is 13.2 Å². The van der Waals surface area contributed by atoms with Gasteiger partial charge in [-0.15, -0.1) is 10.2 Å². The van der Waals surface area contributed by atoms with Gasteiger partial charge < -0.3 is 19.6 Å². The summed E-state index contributed by atoms with van der Waals surface area (Å²) in [5.41, 5.74) is -2.04. The lowest BCUT2D eigenvalue weighted by atomic mass is 10.1. The number of hydrogen-bond donors (Lipinski definition) is 2. The molecule has 0 aliphatic carbocycles. The summed E-state index contributed by atoms with van der Waals surface area (Å²) in [6.45, 7) is 0.707. The molecule has 0 bridgehead atoms. The van der Waals surface area contributed by atoms with Crippen LogP contribution in [0.3, 0.4) is 0 Å². The number of halogens is 3. The van der Waals surface area contributed by atoms with Gasteiger partial charge in [0.25, 0.3) is 5.69 Å². The Morgan fingerprint density at radius 2 is 1.79 bits per heavy atom. The Kier molecular flexibility index (Phi) is 4.25. The van der Waals surface area contributed by atoms with Gasteiger partial charge in [0.05, 0.1) is 16.0 Å². The fraction of sp³-hybridized carbons (Fsp3) is 0.176. The average molecular weight is 408 g/mol. The first kappa shape index (κ1) is 18.5. The van der Waals surface area contributed by atoms with Gasteiger partial charge in [0.15, 0.2) is 22.9 Å². The molecule has 1 aliphatic rings. The van der Waals surface area contributed by atoms with Gasteiger partial charge in [-0.2, -0.15) is 13.2 Å². The Labute approximate surface area is 159 Å². The van der Waals surface area contributed by atoms with Crippen LogP contribution in [0.1, 0.15) is 5.56 Å². The monoisotopic (exact) mass is 408 g/mol. The predicted molar refractivity (Wildman–Crippen MR) is 93.2 cm³/mol. The molecule has 0 spiro atoms. The number of fused-ring (bicyclic) bond motifs is 2. The second-order valence-corrected chi connectivity index (χ2v) is 6.02. The van der Waals surface area contributed by atoms with Crippen LogP contribution in [-0.2, 0) is 6.18 Å². The minimum Gasteiger partial charge on any atom is -0.493 e. The van der Waals surface area contributed by atoms with Crippen LogP contribution in [0.5, 0.6) is 17.4 Å². The number of benzene rings is 2. The summed E-state index contributed by atoms with van der Waals surface area (Å²) in [6, 6.07) is 5.02. The van der Waals surface area contributed by atoms with Gasteiger partial charge in [-0.1, -0.05) is 0 Å². The van der Waals surface area contributed by atoms with Gasteiger partial charge in [-0.3, -0.25) is 10.1 Å². The maximum absolute atomic E-state index is 12.8. The lowest BCUT2D eigenvalue weighted by molar-refractivity contribution is -0.384. The van der Waals surface area contributed by atoms with Crippen molar-refractivity contribution in [3.8, 4) is 17.4 Å².